The molecule has 0 bridgehead atoms. The van der Waals surface area contributed by atoms with Gasteiger partial charge >= 0.3 is 0 Å². The summed E-state index contributed by atoms with van der Waals surface area (Å²) in [4.78, 5) is 24.3. The second-order valence-electron chi connectivity index (χ2n) is 5.02. The molecule has 0 saturated carbocycles. The standard InChI is InChI=1S/C18H16N2O3/c1-2-15(11-19)20-18(23)13-8-6-12(7-9-13)17(22)14-4-3-5-16(21)10-14/h3-10,15,21H,2H2,1H3,(H,20,23)/t15-/m0/s1. The number of rotatable bonds is 5. The molecule has 116 valence electrons. The van der Waals surface area contributed by atoms with E-state index in [2.05, 4.69) is 5.32 Å². The van der Waals surface area contributed by atoms with Crippen molar-refractivity contribution in [3.05, 3.63) is 65.2 Å². The third-order valence-corrected chi connectivity index (χ3v) is 3.39. The molecule has 0 aliphatic carbocycles. The van der Waals surface area contributed by atoms with Crippen LogP contribution in [0.3, 0.4) is 0 Å². The molecule has 5 heteroatoms. The Morgan fingerprint density at radius 1 is 1.13 bits per heavy atom. The highest BCUT2D eigenvalue weighted by molar-refractivity contribution is 6.09. The molecule has 0 aliphatic heterocycles. The van der Waals surface area contributed by atoms with E-state index in [0.29, 0.717) is 23.1 Å². The normalized spacial score (nSPS) is 11.3. The summed E-state index contributed by atoms with van der Waals surface area (Å²) >= 11 is 0. The van der Waals surface area contributed by atoms with Crippen molar-refractivity contribution in [2.45, 2.75) is 19.4 Å². The van der Waals surface area contributed by atoms with Crippen LogP contribution in [0, 0.1) is 11.3 Å². The maximum absolute atomic E-state index is 12.3. The molecule has 5 nitrogen and oxygen atoms in total. The number of carbonyl (C=O) groups is 2. The van der Waals surface area contributed by atoms with Gasteiger partial charge in [0.15, 0.2) is 5.78 Å². The van der Waals surface area contributed by atoms with Crippen molar-refractivity contribution in [1.82, 2.24) is 5.32 Å². The first-order valence-corrected chi connectivity index (χ1v) is 7.19. The Hall–Kier alpha value is -3.13. The first kappa shape index (κ1) is 16.2. The topological polar surface area (TPSA) is 90.2 Å². The summed E-state index contributed by atoms with van der Waals surface area (Å²) in [6.45, 7) is 1.81. The van der Waals surface area contributed by atoms with Crippen LogP contribution in [0.25, 0.3) is 0 Å². The average Bonchev–Trinajstić information content (AvgIpc) is 2.59. The number of phenolic OH excluding ortho intramolecular Hbond substituents is 1. The van der Waals surface area contributed by atoms with Crippen LogP contribution in [-0.4, -0.2) is 22.8 Å². The fourth-order valence-corrected chi connectivity index (χ4v) is 2.05. The number of hydrogen-bond acceptors (Lipinski definition) is 4. The predicted octanol–water partition coefficient (Wildman–Crippen LogP) is 2.66. The predicted molar refractivity (Wildman–Crippen MR) is 85.1 cm³/mol. The molecule has 1 atom stereocenters. The number of nitriles is 1. The van der Waals surface area contributed by atoms with Crippen molar-refractivity contribution in [2.24, 2.45) is 0 Å². The van der Waals surface area contributed by atoms with E-state index in [4.69, 9.17) is 5.26 Å². The Morgan fingerprint density at radius 3 is 2.35 bits per heavy atom. The first-order chi connectivity index (χ1) is 11.0. The lowest BCUT2D eigenvalue weighted by Gasteiger charge is -2.09. The number of nitrogens with one attached hydrogen (secondary N) is 1. The van der Waals surface area contributed by atoms with Crippen molar-refractivity contribution < 1.29 is 14.7 Å². The number of ketones is 1. The minimum atomic E-state index is -0.531. The number of carbonyl (C=O) groups excluding carboxylic acids is 2. The Kier molecular flexibility index (Phi) is 5.11. The highest BCUT2D eigenvalue weighted by atomic mass is 16.3. The van der Waals surface area contributed by atoms with Crippen LogP contribution in [0.4, 0.5) is 0 Å². The molecule has 0 heterocycles. The van der Waals surface area contributed by atoms with Gasteiger partial charge in [0.2, 0.25) is 0 Å². The van der Waals surface area contributed by atoms with Crippen LogP contribution in [0.5, 0.6) is 5.75 Å². The minimum absolute atomic E-state index is 0.0222. The quantitative estimate of drug-likeness (QED) is 0.831. The molecule has 0 aliphatic rings. The molecule has 0 aromatic heterocycles. The van der Waals surface area contributed by atoms with E-state index in [0.717, 1.165) is 0 Å². The van der Waals surface area contributed by atoms with E-state index < -0.39 is 6.04 Å². The lowest BCUT2D eigenvalue weighted by molar-refractivity contribution is 0.0943. The van der Waals surface area contributed by atoms with Crippen LogP contribution >= 0.6 is 0 Å². The second kappa shape index (κ2) is 7.23. The Labute approximate surface area is 134 Å². The fraction of sp³-hybridized carbons (Fsp3) is 0.167. The Balaban J connectivity index is 2.15. The lowest BCUT2D eigenvalue weighted by Crippen LogP contribution is -2.33. The molecule has 23 heavy (non-hydrogen) atoms. The summed E-state index contributed by atoms with van der Waals surface area (Å²) in [6.07, 6.45) is 0.524. The third kappa shape index (κ3) is 3.95. The van der Waals surface area contributed by atoms with Gasteiger partial charge in [0.25, 0.3) is 5.91 Å². The van der Waals surface area contributed by atoms with Crippen molar-refractivity contribution >= 4 is 11.7 Å². The van der Waals surface area contributed by atoms with Gasteiger partial charge in [-0.25, -0.2) is 0 Å². The van der Waals surface area contributed by atoms with Gasteiger partial charge in [-0.15, -0.1) is 0 Å². The largest absolute Gasteiger partial charge is 0.508 e. The molecule has 0 unspecified atom stereocenters. The summed E-state index contributed by atoms with van der Waals surface area (Å²) in [5, 5.41) is 20.9. The molecule has 0 fully saturated rings. The molecule has 2 rings (SSSR count). The molecule has 0 spiro atoms. The summed E-state index contributed by atoms with van der Waals surface area (Å²) in [5.41, 5.74) is 1.17. The summed E-state index contributed by atoms with van der Waals surface area (Å²) < 4.78 is 0. The highest BCUT2D eigenvalue weighted by Crippen LogP contribution is 2.16. The Bertz CT molecular complexity index is 761. The van der Waals surface area contributed by atoms with Crippen molar-refractivity contribution in [3.8, 4) is 11.8 Å². The number of benzene rings is 2. The maximum Gasteiger partial charge on any atom is 0.252 e. The molecule has 2 aromatic rings. The van der Waals surface area contributed by atoms with Gasteiger partial charge in [-0.1, -0.05) is 31.2 Å². The summed E-state index contributed by atoms with van der Waals surface area (Å²) in [7, 11) is 0. The fourth-order valence-electron chi connectivity index (χ4n) is 2.05. The first-order valence-electron chi connectivity index (χ1n) is 7.19. The van der Waals surface area contributed by atoms with E-state index in [1.54, 1.807) is 24.3 Å². The van der Waals surface area contributed by atoms with Gasteiger partial charge in [-0.2, -0.15) is 5.26 Å². The average molecular weight is 308 g/mol. The lowest BCUT2D eigenvalue weighted by atomic mass is 10.0. The highest BCUT2D eigenvalue weighted by Gasteiger charge is 2.13. The zero-order valence-electron chi connectivity index (χ0n) is 12.6. The molecule has 2 N–H and O–H groups in total. The van der Waals surface area contributed by atoms with Gasteiger partial charge in [-0.05, 0) is 30.7 Å². The minimum Gasteiger partial charge on any atom is -0.508 e. The molecule has 0 radical (unpaired) electrons. The van der Waals surface area contributed by atoms with Crippen molar-refractivity contribution in [2.75, 3.05) is 0 Å². The second-order valence-corrected chi connectivity index (χ2v) is 5.02. The van der Waals surface area contributed by atoms with Gasteiger partial charge in [0.1, 0.15) is 11.8 Å². The summed E-state index contributed by atoms with van der Waals surface area (Å²) in [5.74, 6) is -0.569. The summed E-state index contributed by atoms with van der Waals surface area (Å²) in [6, 6.07) is 13.7. The monoisotopic (exact) mass is 308 g/mol. The van der Waals surface area contributed by atoms with E-state index in [-0.39, 0.29) is 17.4 Å². The van der Waals surface area contributed by atoms with Crippen molar-refractivity contribution in [3.63, 3.8) is 0 Å². The van der Waals surface area contributed by atoms with E-state index in [9.17, 15) is 14.7 Å². The molecular weight excluding hydrogens is 292 g/mol. The van der Waals surface area contributed by atoms with Gasteiger partial charge < -0.3 is 10.4 Å². The van der Waals surface area contributed by atoms with E-state index >= 15 is 0 Å². The molecular formula is C18H16N2O3. The van der Waals surface area contributed by atoms with Crippen LogP contribution in [0.15, 0.2) is 48.5 Å². The molecule has 1 amide bonds. The van der Waals surface area contributed by atoms with Crippen LogP contribution in [0.1, 0.15) is 39.6 Å². The maximum atomic E-state index is 12.3. The number of aromatic hydroxyl groups is 1. The van der Waals surface area contributed by atoms with Gasteiger partial charge in [0, 0.05) is 16.7 Å². The number of phenols is 1. The molecule has 0 saturated heterocycles. The number of nitrogens with zero attached hydrogens (tertiary/aromatic N) is 1. The van der Waals surface area contributed by atoms with Gasteiger partial charge in [0.05, 0.1) is 6.07 Å². The number of amides is 1. The van der Waals surface area contributed by atoms with Crippen molar-refractivity contribution in [1.29, 1.82) is 5.26 Å². The Morgan fingerprint density at radius 2 is 1.78 bits per heavy atom. The van der Waals surface area contributed by atoms with E-state index in [1.807, 2.05) is 13.0 Å². The zero-order chi connectivity index (χ0) is 16.8. The zero-order valence-corrected chi connectivity index (χ0v) is 12.6. The van der Waals surface area contributed by atoms with E-state index in [1.165, 1.54) is 24.3 Å². The van der Waals surface area contributed by atoms with Crippen LogP contribution in [-0.2, 0) is 0 Å². The SMILES string of the molecule is CC[C@@H](C#N)NC(=O)c1ccc(C(=O)c2cccc(O)c2)cc1. The van der Waals surface area contributed by atoms with Gasteiger partial charge in [-0.3, -0.25) is 9.59 Å². The van der Waals surface area contributed by atoms with Crippen LogP contribution in [0.2, 0.25) is 0 Å². The third-order valence-electron chi connectivity index (χ3n) is 3.39. The van der Waals surface area contributed by atoms with Crippen LogP contribution < -0.4 is 5.32 Å². The smallest absolute Gasteiger partial charge is 0.252 e. The molecule has 2 aromatic carbocycles. The number of hydrogen-bond donors (Lipinski definition) is 2.